The largest absolute Gasteiger partial charge is 0.416 e. The minimum absolute atomic E-state index is 0.0951. The first-order chi connectivity index (χ1) is 18.3. The standard InChI is InChI=1S/C29H31F7N2O/c30-24-5-1-19(2-6-24)20-8-11-38(12-9-20)25-7-10-27(16-25,21-3-4-21)26(39)37-17-18-13-22(28(31,32)33)15-23(14-18)29(34,35)36/h1-2,5-6,13-15,20-21,25H,3-4,7-12,16-17H2,(H,37,39). The summed E-state index contributed by atoms with van der Waals surface area (Å²) >= 11 is 0. The number of rotatable bonds is 6. The van der Waals surface area contributed by atoms with Crippen LogP contribution >= 0.6 is 0 Å². The third-order valence-electron chi connectivity index (χ3n) is 8.82. The molecule has 1 aliphatic heterocycles. The third kappa shape index (κ3) is 6.10. The maximum atomic E-state index is 13.5. The molecule has 3 fully saturated rings. The van der Waals surface area contributed by atoms with Gasteiger partial charge in [0, 0.05) is 12.6 Å². The van der Waals surface area contributed by atoms with E-state index in [-0.39, 0.29) is 35.3 Å². The summed E-state index contributed by atoms with van der Waals surface area (Å²) in [5, 5.41) is 2.69. The van der Waals surface area contributed by atoms with E-state index in [1.165, 1.54) is 12.1 Å². The van der Waals surface area contributed by atoms with Gasteiger partial charge >= 0.3 is 12.4 Å². The smallest absolute Gasteiger partial charge is 0.352 e. The first-order valence-corrected chi connectivity index (χ1v) is 13.4. The highest BCUT2D eigenvalue weighted by atomic mass is 19.4. The monoisotopic (exact) mass is 556 g/mol. The number of piperidine rings is 1. The van der Waals surface area contributed by atoms with Crippen LogP contribution in [0.25, 0.3) is 0 Å². The van der Waals surface area contributed by atoms with Gasteiger partial charge in [0.25, 0.3) is 0 Å². The summed E-state index contributed by atoms with van der Waals surface area (Å²) < 4.78 is 92.7. The van der Waals surface area contributed by atoms with Crippen LogP contribution in [0.15, 0.2) is 42.5 Å². The predicted molar refractivity (Wildman–Crippen MR) is 131 cm³/mol. The lowest BCUT2D eigenvalue weighted by Crippen LogP contribution is -2.44. The van der Waals surface area contributed by atoms with E-state index in [0.29, 0.717) is 30.9 Å². The molecule has 2 aromatic carbocycles. The fraction of sp³-hybridized carbons (Fsp3) is 0.552. The van der Waals surface area contributed by atoms with Gasteiger partial charge in [0.05, 0.1) is 16.5 Å². The molecule has 2 saturated carbocycles. The fourth-order valence-corrected chi connectivity index (χ4v) is 6.57. The summed E-state index contributed by atoms with van der Waals surface area (Å²) in [5.41, 5.74) is -2.52. The van der Waals surface area contributed by atoms with E-state index in [4.69, 9.17) is 0 Å². The average Bonchev–Trinajstić information content (AvgIpc) is 3.65. The molecule has 0 bridgehead atoms. The van der Waals surface area contributed by atoms with Gasteiger partial charge in [0.15, 0.2) is 0 Å². The second-order valence-electron chi connectivity index (χ2n) is 11.3. The van der Waals surface area contributed by atoms with Gasteiger partial charge in [0.2, 0.25) is 5.91 Å². The molecule has 2 atom stereocenters. The Morgan fingerprint density at radius 3 is 2.00 bits per heavy atom. The minimum Gasteiger partial charge on any atom is -0.352 e. The lowest BCUT2D eigenvalue weighted by atomic mass is 9.79. The van der Waals surface area contributed by atoms with Gasteiger partial charge < -0.3 is 10.2 Å². The molecule has 2 aromatic rings. The number of benzene rings is 2. The van der Waals surface area contributed by atoms with Crippen molar-refractivity contribution < 1.29 is 35.5 Å². The molecular weight excluding hydrogens is 525 g/mol. The lowest BCUT2D eigenvalue weighted by molar-refractivity contribution is -0.143. The fourth-order valence-electron chi connectivity index (χ4n) is 6.57. The highest BCUT2D eigenvalue weighted by molar-refractivity contribution is 5.84. The van der Waals surface area contributed by atoms with Gasteiger partial charge in [-0.15, -0.1) is 0 Å². The Morgan fingerprint density at radius 1 is 0.872 bits per heavy atom. The molecule has 3 aliphatic rings. The number of carbonyl (C=O) groups is 1. The molecule has 212 valence electrons. The summed E-state index contributed by atoms with van der Waals surface area (Å²) in [7, 11) is 0. The van der Waals surface area contributed by atoms with Crippen LogP contribution in [-0.2, 0) is 23.7 Å². The molecule has 5 rings (SSSR count). The van der Waals surface area contributed by atoms with Crippen molar-refractivity contribution in [2.75, 3.05) is 13.1 Å². The third-order valence-corrected chi connectivity index (χ3v) is 8.82. The van der Waals surface area contributed by atoms with Crippen LogP contribution in [0.3, 0.4) is 0 Å². The summed E-state index contributed by atoms with van der Waals surface area (Å²) in [6.07, 6.45) is -4.08. The number of nitrogens with zero attached hydrogens (tertiary/aromatic N) is 1. The van der Waals surface area contributed by atoms with Crippen LogP contribution in [0.4, 0.5) is 30.7 Å². The summed E-state index contributed by atoms with van der Waals surface area (Å²) in [6.45, 7) is 1.33. The summed E-state index contributed by atoms with van der Waals surface area (Å²) in [5.74, 6) is 0.00523. The van der Waals surface area contributed by atoms with Gasteiger partial charge in [-0.2, -0.15) is 26.3 Å². The van der Waals surface area contributed by atoms with E-state index >= 15 is 0 Å². The molecule has 1 amide bonds. The lowest BCUT2D eigenvalue weighted by Gasteiger charge is -2.37. The van der Waals surface area contributed by atoms with Crippen LogP contribution in [0.1, 0.15) is 73.1 Å². The average molecular weight is 557 g/mol. The zero-order chi connectivity index (χ0) is 28.0. The van der Waals surface area contributed by atoms with Crippen molar-refractivity contribution in [3.05, 3.63) is 70.5 Å². The molecule has 10 heteroatoms. The van der Waals surface area contributed by atoms with Gasteiger partial charge in [-0.3, -0.25) is 4.79 Å². The van der Waals surface area contributed by atoms with Crippen LogP contribution < -0.4 is 5.32 Å². The molecule has 1 N–H and O–H groups in total. The van der Waals surface area contributed by atoms with Crippen molar-refractivity contribution in [1.82, 2.24) is 10.2 Å². The Labute approximate surface area is 222 Å². The van der Waals surface area contributed by atoms with Gasteiger partial charge in [0.1, 0.15) is 5.82 Å². The molecule has 1 saturated heterocycles. The number of hydrogen-bond donors (Lipinski definition) is 1. The van der Waals surface area contributed by atoms with Crippen molar-refractivity contribution in [3.63, 3.8) is 0 Å². The van der Waals surface area contributed by atoms with Crippen LogP contribution in [0.5, 0.6) is 0 Å². The van der Waals surface area contributed by atoms with E-state index in [0.717, 1.165) is 50.8 Å². The van der Waals surface area contributed by atoms with Gasteiger partial charge in [-0.05, 0) is 111 Å². The van der Waals surface area contributed by atoms with Crippen LogP contribution in [-0.4, -0.2) is 29.9 Å². The number of amides is 1. The maximum absolute atomic E-state index is 13.5. The van der Waals surface area contributed by atoms with E-state index in [1.807, 2.05) is 12.1 Å². The maximum Gasteiger partial charge on any atom is 0.416 e. The highest BCUT2D eigenvalue weighted by Gasteiger charge is 2.55. The summed E-state index contributed by atoms with van der Waals surface area (Å²) in [6, 6.07) is 8.25. The second-order valence-corrected chi connectivity index (χ2v) is 11.3. The van der Waals surface area contributed by atoms with Crippen LogP contribution in [0.2, 0.25) is 0 Å². The Morgan fingerprint density at radius 2 is 1.46 bits per heavy atom. The van der Waals surface area contributed by atoms with Crippen molar-refractivity contribution in [3.8, 4) is 0 Å². The van der Waals surface area contributed by atoms with Crippen LogP contribution in [0, 0.1) is 17.2 Å². The van der Waals surface area contributed by atoms with E-state index < -0.39 is 35.4 Å². The number of alkyl halides is 6. The number of nitrogens with one attached hydrogen (secondary N) is 1. The number of likely N-dealkylation sites (tertiary alicyclic amines) is 1. The molecule has 0 spiro atoms. The molecule has 2 aliphatic carbocycles. The van der Waals surface area contributed by atoms with E-state index in [1.54, 1.807) is 0 Å². The molecule has 0 radical (unpaired) electrons. The van der Waals surface area contributed by atoms with E-state index in [9.17, 15) is 35.5 Å². The molecule has 2 unspecified atom stereocenters. The first kappa shape index (κ1) is 27.9. The number of hydrogen-bond acceptors (Lipinski definition) is 2. The Balaban J connectivity index is 1.23. The van der Waals surface area contributed by atoms with Crippen molar-refractivity contribution in [2.45, 2.75) is 75.8 Å². The van der Waals surface area contributed by atoms with Crippen molar-refractivity contribution in [2.24, 2.45) is 11.3 Å². The second kappa shape index (κ2) is 10.4. The predicted octanol–water partition coefficient (Wildman–Crippen LogP) is 7.31. The minimum atomic E-state index is -4.93. The van der Waals surface area contributed by atoms with Gasteiger partial charge in [-0.25, -0.2) is 4.39 Å². The highest BCUT2D eigenvalue weighted by Crippen LogP contribution is 2.56. The molecular formula is C29H31F7N2O. The van der Waals surface area contributed by atoms with Crippen molar-refractivity contribution in [1.29, 1.82) is 0 Å². The quantitative estimate of drug-likeness (QED) is 0.379. The summed E-state index contributed by atoms with van der Waals surface area (Å²) in [4.78, 5) is 15.9. The first-order valence-electron chi connectivity index (χ1n) is 13.4. The topological polar surface area (TPSA) is 32.3 Å². The van der Waals surface area contributed by atoms with Crippen molar-refractivity contribution >= 4 is 5.91 Å². The molecule has 39 heavy (non-hydrogen) atoms. The Kier molecular flexibility index (Phi) is 7.45. The van der Waals surface area contributed by atoms with E-state index in [2.05, 4.69) is 10.2 Å². The zero-order valence-corrected chi connectivity index (χ0v) is 21.3. The Hall–Kier alpha value is -2.62. The normalized spacial score (nSPS) is 25.2. The molecule has 1 heterocycles. The number of halogens is 7. The molecule has 3 nitrogen and oxygen atoms in total. The van der Waals surface area contributed by atoms with Gasteiger partial charge in [-0.1, -0.05) is 12.1 Å². The zero-order valence-electron chi connectivity index (χ0n) is 21.3. The molecule has 0 aromatic heterocycles. The Bertz CT molecular complexity index is 1150. The SMILES string of the molecule is O=C(NCc1cc(C(F)(F)F)cc(C(F)(F)F)c1)C1(C2CC2)CCC(N2CCC(c3ccc(F)cc3)CC2)C1. The number of carbonyl (C=O) groups excluding carboxylic acids is 1.